The van der Waals surface area contributed by atoms with E-state index in [-0.39, 0.29) is 0 Å². The average molecular weight is 235 g/mol. The first-order chi connectivity index (χ1) is 8.70. The standard InChI is InChI=1S/C17H17N/c1-13(2)11-14-9-10-16(17(12-14)18-3)15-7-5-4-6-8-15/h4-10,12-13H,11H2,1-2H3. The van der Waals surface area contributed by atoms with Gasteiger partial charge in [0.1, 0.15) is 0 Å². The van der Waals surface area contributed by atoms with Crippen LogP contribution in [0.3, 0.4) is 0 Å². The van der Waals surface area contributed by atoms with Crippen molar-refractivity contribution in [3.8, 4) is 11.1 Å². The van der Waals surface area contributed by atoms with Gasteiger partial charge in [-0.1, -0.05) is 67.9 Å². The van der Waals surface area contributed by atoms with Crippen molar-refractivity contribution in [2.24, 2.45) is 5.92 Å². The normalized spacial score (nSPS) is 10.3. The second-order valence-corrected chi connectivity index (χ2v) is 4.93. The highest BCUT2D eigenvalue weighted by Crippen LogP contribution is 2.31. The molecule has 2 aromatic rings. The Bertz CT molecular complexity index is 562. The summed E-state index contributed by atoms with van der Waals surface area (Å²) in [4.78, 5) is 3.66. The first-order valence-corrected chi connectivity index (χ1v) is 6.26. The Labute approximate surface area is 109 Å². The van der Waals surface area contributed by atoms with Gasteiger partial charge in [0.25, 0.3) is 0 Å². The lowest BCUT2D eigenvalue weighted by molar-refractivity contribution is 0.647. The molecule has 2 rings (SSSR count). The minimum atomic E-state index is 0.617. The summed E-state index contributed by atoms with van der Waals surface area (Å²) in [7, 11) is 0. The van der Waals surface area contributed by atoms with E-state index >= 15 is 0 Å². The minimum Gasteiger partial charge on any atom is -0.238 e. The monoisotopic (exact) mass is 235 g/mol. The van der Waals surface area contributed by atoms with Crippen molar-refractivity contribution in [1.29, 1.82) is 0 Å². The fourth-order valence-corrected chi connectivity index (χ4v) is 2.13. The third-order valence-corrected chi connectivity index (χ3v) is 2.91. The first-order valence-electron chi connectivity index (χ1n) is 6.26. The van der Waals surface area contributed by atoms with Gasteiger partial charge < -0.3 is 0 Å². The Morgan fingerprint density at radius 2 is 1.78 bits per heavy atom. The van der Waals surface area contributed by atoms with Gasteiger partial charge in [-0.05, 0) is 23.5 Å². The van der Waals surface area contributed by atoms with Crippen LogP contribution in [-0.2, 0) is 6.42 Å². The van der Waals surface area contributed by atoms with Crippen molar-refractivity contribution in [3.63, 3.8) is 0 Å². The molecule has 0 aliphatic heterocycles. The van der Waals surface area contributed by atoms with Crippen LogP contribution >= 0.6 is 0 Å². The van der Waals surface area contributed by atoms with E-state index in [4.69, 9.17) is 6.57 Å². The first kappa shape index (κ1) is 12.4. The summed E-state index contributed by atoms with van der Waals surface area (Å²) in [6.45, 7) is 11.7. The molecule has 0 N–H and O–H groups in total. The van der Waals surface area contributed by atoms with Crippen molar-refractivity contribution in [2.45, 2.75) is 20.3 Å². The lowest BCUT2D eigenvalue weighted by atomic mass is 9.97. The van der Waals surface area contributed by atoms with Crippen LogP contribution in [0, 0.1) is 12.5 Å². The maximum atomic E-state index is 7.34. The second kappa shape index (κ2) is 5.51. The molecule has 0 aliphatic carbocycles. The van der Waals surface area contributed by atoms with Gasteiger partial charge >= 0.3 is 0 Å². The average Bonchev–Trinajstić information content (AvgIpc) is 2.39. The topological polar surface area (TPSA) is 4.36 Å². The van der Waals surface area contributed by atoms with Crippen LogP contribution in [0.15, 0.2) is 48.5 Å². The van der Waals surface area contributed by atoms with Crippen molar-refractivity contribution in [1.82, 2.24) is 0 Å². The number of hydrogen-bond donors (Lipinski definition) is 0. The van der Waals surface area contributed by atoms with Crippen LogP contribution in [0.4, 0.5) is 5.69 Å². The molecule has 0 aliphatic rings. The van der Waals surface area contributed by atoms with Gasteiger partial charge in [0.15, 0.2) is 5.69 Å². The second-order valence-electron chi connectivity index (χ2n) is 4.93. The molecule has 0 saturated carbocycles. The summed E-state index contributed by atoms with van der Waals surface area (Å²) in [5.41, 5.74) is 4.13. The number of hydrogen-bond acceptors (Lipinski definition) is 0. The van der Waals surface area contributed by atoms with Crippen molar-refractivity contribution < 1.29 is 0 Å². The Hall–Kier alpha value is -2.07. The molecule has 0 fully saturated rings. The van der Waals surface area contributed by atoms with Crippen molar-refractivity contribution in [2.75, 3.05) is 0 Å². The fraction of sp³-hybridized carbons (Fsp3) is 0.235. The smallest absolute Gasteiger partial charge is 0.195 e. The summed E-state index contributed by atoms with van der Waals surface area (Å²) in [5, 5.41) is 0. The van der Waals surface area contributed by atoms with Gasteiger partial charge in [-0.3, -0.25) is 0 Å². The number of nitrogens with zero attached hydrogens (tertiary/aromatic N) is 1. The van der Waals surface area contributed by atoms with E-state index < -0.39 is 0 Å². The SMILES string of the molecule is [C-]#[N+]c1cc(CC(C)C)ccc1-c1ccccc1. The van der Waals surface area contributed by atoms with Crippen LogP contribution < -0.4 is 0 Å². The molecule has 0 spiro atoms. The van der Waals surface area contributed by atoms with E-state index in [1.807, 2.05) is 36.4 Å². The van der Waals surface area contributed by atoms with E-state index in [0.717, 1.165) is 23.2 Å². The van der Waals surface area contributed by atoms with Crippen LogP contribution in [-0.4, -0.2) is 0 Å². The molecular formula is C17H17N. The highest BCUT2D eigenvalue weighted by molar-refractivity contribution is 5.78. The number of benzene rings is 2. The summed E-state index contributed by atoms with van der Waals surface area (Å²) in [6, 6.07) is 16.3. The summed E-state index contributed by atoms with van der Waals surface area (Å²) in [5.74, 6) is 0.617. The van der Waals surface area contributed by atoms with E-state index in [9.17, 15) is 0 Å². The Morgan fingerprint density at radius 1 is 1.06 bits per heavy atom. The molecule has 0 radical (unpaired) electrons. The van der Waals surface area contributed by atoms with E-state index in [2.05, 4.69) is 30.8 Å². The highest BCUT2D eigenvalue weighted by Gasteiger charge is 2.06. The molecule has 0 heterocycles. The quantitative estimate of drug-likeness (QED) is 0.652. The fourth-order valence-electron chi connectivity index (χ4n) is 2.13. The molecule has 2 aromatic carbocycles. The number of rotatable bonds is 3. The van der Waals surface area contributed by atoms with Gasteiger partial charge in [0.05, 0.1) is 6.57 Å². The van der Waals surface area contributed by atoms with Crippen LogP contribution in [0.25, 0.3) is 16.0 Å². The van der Waals surface area contributed by atoms with Gasteiger partial charge in [0.2, 0.25) is 0 Å². The van der Waals surface area contributed by atoms with E-state index in [0.29, 0.717) is 5.92 Å². The Morgan fingerprint density at radius 3 is 2.39 bits per heavy atom. The lowest BCUT2D eigenvalue weighted by Gasteiger charge is -2.09. The summed E-state index contributed by atoms with van der Waals surface area (Å²) < 4.78 is 0. The van der Waals surface area contributed by atoms with Crippen molar-refractivity contribution in [3.05, 3.63) is 65.5 Å². The lowest BCUT2D eigenvalue weighted by Crippen LogP contribution is -1.93. The van der Waals surface area contributed by atoms with E-state index in [1.54, 1.807) is 0 Å². The molecule has 1 nitrogen and oxygen atoms in total. The molecule has 0 bridgehead atoms. The Balaban J connectivity index is 2.42. The predicted octanol–water partition coefficient (Wildman–Crippen LogP) is 5.10. The molecule has 0 amide bonds. The zero-order valence-electron chi connectivity index (χ0n) is 10.9. The van der Waals surface area contributed by atoms with Gasteiger partial charge in [-0.15, -0.1) is 0 Å². The predicted molar refractivity (Wildman–Crippen MR) is 76.7 cm³/mol. The zero-order valence-corrected chi connectivity index (χ0v) is 10.9. The molecule has 0 aromatic heterocycles. The van der Waals surface area contributed by atoms with Crippen LogP contribution in [0.2, 0.25) is 0 Å². The van der Waals surface area contributed by atoms with E-state index in [1.165, 1.54) is 5.56 Å². The van der Waals surface area contributed by atoms with Crippen LogP contribution in [0.1, 0.15) is 19.4 Å². The minimum absolute atomic E-state index is 0.617. The molecule has 18 heavy (non-hydrogen) atoms. The summed E-state index contributed by atoms with van der Waals surface area (Å²) >= 11 is 0. The van der Waals surface area contributed by atoms with Crippen LogP contribution in [0.5, 0.6) is 0 Å². The van der Waals surface area contributed by atoms with Gasteiger partial charge in [0, 0.05) is 0 Å². The third-order valence-electron chi connectivity index (χ3n) is 2.91. The van der Waals surface area contributed by atoms with Gasteiger partial charge in [-0.25, -0.2) is 4.85 Å². The largest absolute Gasteiger partial charge is 0.238 e. The highest BCUT2D eigenvalue weighted by atomic mass is 14.6. The Kier molecular flexibility index (Phi) is 3.79. The maximum Gasteiger partial charge on any atom is 0.195 e. The maximum absolute atomic E-state index is 7.34. The zero-order chi connectivity index (χ0) is 13.0. The van der Waals surface area contributed by atoms with Gasteiger partial charge in [-0.2, -0.15) is 0 Å². The molecule has 0 saturated heterocycles. The third kappa shape index (κ3) is 2.78. The molecule has 90 valence electrons. The van der Waals surface area contributed by atoms with Crippen molar-refractivity contribution >= 4 is 5.69 Å². The molecule has 0 atom stereocenters. The summed E-state index contributed by atoms with van der Waals surface area (Å²) in [6.07, 6.45) is 1.03. The molecular weight excluding hydrogens is 218 g/mol. The molecule has 0 unspecified atom stereocenters. The molecule has 1 heteroatoms.